The number of nitrogen functional groups attached to an aromatic ring is 1. The van der Waals surface area contributed by atoms with Crippen molar-refractivity contribution in [2.45, 2.75) is 19.4 Å². The molecule has 0 bridgehead atoms. The van der Waals surface area contributed by atoms with Crippen molar-refractivity contribution in [2.75, 3.05) is 30.3 Å². The third-order valence-corrected chi connectivity index (χ3v) is 3.29. The van der Waals surface area contributed by atoms with E-state index in [2.05, 4.69) is 11.8 Å². The Morgan fingerprint density at radius 2 is 2.38 bits per heavy atom. The molecular formula is C12H17ClN2O. The second kappa shape index (κ2) is 4.93. The maximum absolute atomic E-state index is 6.02. The summed E-state index contributed by atoms with van der Waals surface area (Å²) in [5, 5.41) is 0.622. The van der Waals surface area contributed by atoms with Gasteiger partial charge < -0.3 is 15.4 Å². The minimum Gasteiger partial charge on any atom is -0.396 e. The van der Waals surface area contributed by atoms with Gasteiger partial charge >= 0.3 is 0 Å². The first-order chi connectivity index (χ1) is 7.72. The van der Waals surface area contributed by atoms with Crippen molar-refractivity contribution in [1.82, 2.24) is 0 Å². The van der Waals surface area contributed by atoms with Gasteiger partial charge in [0, 0.05) is 13.1 Å². The number of morpholine rings is 1. The number of nitrogens with two attached hydrogens (primary N) is 1. The van der Waals surface area contributed by atoms with Crippen LogP contribution in [0.3, 0.4) is 0 Å². The number of para-hydroxylation sites is 1. The van der Waals surface area contributed by atoms with E-state index in [9.17, 15) is 0 Å². The third-order valence-electron chi connectivity index (χ3n) is 2.96. The quantitative estimate of drug-likeness (QED) is 0.808. The first-order valence-electron chi connectivity index (χ1n) is 5.63. The van der Waals surface area contributed by atoms with Crippen LogP contribution in [0.2, 0.25) is 5.02 Å². The lowest BCUT2D eigenvalue weighted by molar-refractivity contribution is 0.0385. The molecular weight excluding hydrogens is 224 g/mol. The molecule has 4 heteroatoms. The summed E-state index contributed by atoms with van der Waals surface area (Å²) >= 11 is 6.02. The molecule has 0 spiro atoms. The Hall–Kier alpha value is -0.930. The number of ether oxygens (including phenoxy) is 1. The molecule has 0 aromatic heterocycles. The molecule has 0 saturated carbocycles. The van der Waals surface area contributed by atoms with Crippen LogP contribution >= 0.6 is 11.6 Å². The first-order valence-corrected chi connectivity index (χ1v) is 6.00. The van der Waals surface area contributed by atoms with E-state index in [0.717, 1.165) is 31.8 Å². The van der Waals surface area contributed by atoms with E-state index in [0.29, 0.717) is 16.8 Å². The van der Waals surface area contributed by atoms with Gasteiger partial charge in [-0.3, -0.25) is 0 Å². The van der Waals surface area contributed by atoms with Gasteiger partial charge in [-0.05, 0) is 18.6 Å². The molecule has 88 valence electrons. The van der Waals surface area contributed by atoms with Crippen molar-refractivity contribution >= 4 is 23.0 Å². The van der Waals surface area contributed by atoms with Gasteiger partial charge in [0.05, 0.1) is 29.1 Å². The van der Waals surface area contributed by atoms with Gasteiger partial charge in [-0.15, -0.1) is 0 Å². The topological polar surface area (TPSA) is 38.5 Å². The molecule has 1 unspecified atom stereocenters. The summed E-state index contributed by atoms with van der Waals surface area (Å²) in [6, 6.07) is 5.77. The van der Waals surface area contributed by atoms with Gasteiger partial charge in [0.25, 0.3) is 0 Å². The van der Waals surface area contributed by atoms with Gasteiger partial charge in [0.2, 0.25) is 0 Å². The Kier molecular flexibility index (Phi) is 3.56. The number of hydrogen-bond donors (Lipinski definition) is 1. The maximum atomic E-state index is 6.02. The zero-order valence-corrected chi connectivity index (χ0v) is 10.2. The van der Waals surface area contributed by atoms with Crippen LogP contribution in [-0.2, 0) is 4.74 Å². The van der Waals surface area contributed by atoms with E-state index in [-0.39, 0.29) is 0 Å². The van der Waals surface area contributed by atoms with Gasteiger partial charge in [-0.1, -0.05) is 24.6 Å². The Morgan fingerprint density at radius 1 is 1.56 bits per heavy atom. The van der Waals surface area contributed by atoms with Gasteiger partial charge in [0.1, 0.15) is 0 Å². The zero-order valence-electron chi connectivity index (χ0n) is 9.45. The Morgan fingerprint density at radius 3 is 3.12 bits per heavy atom. The average molecular weight is 241 g/mol. The summed E-state index contributed by atoms with van der Waals surface area (Å²) in [6.07, 6.45) is 1.32. The van der Waals surface area contributed by atoms with E-state index in [4.69, 9.17) is 22.1 Å². The lowest BCUT2D eigenvalue weighted by Crippen LogP contribution is -2.42. The second-order valence-corrected chi connectivity index (χ2v) is 4.43. The highest BCUT2D eigenvalue weighted by atomic mass is 35.5. The fourth-order valence-electron chi connectivity index (χ4n) is 1.99. The molecule has 1 aromatic carbocycles. The van der Waals surface area contributed by atoms with E-state index in [1.54, 1.807) is 0 Å². The third kappa shape index (κ3) is 2.25. The van der Waals surface area contributed by atoms with Gasteiger partial charge in [-0.2, -0.15) is 0 Å². The number of anilines is 2. The molecule has 1 aliphatic rings. The highest BCUT2D eigenvalue weighted by Crippen LogP contribution is 2.31. The SMILES string of the molecule is CCC1CN(c2cccc(Cl)c2N)CCO1. The van der Waals surface area contributed by atoms with Crippen LogP contribution in [0.15, 0.2) is 18.2 Å². The predicted molar refractivity (Wildman–Crippen MR) is 68.1 cm³/mol. The van der Waals surface area contributed by atoms with Crippen LogP contribution in [0.25, 0.3) is 0 Å². The zero-order chi connectivity index (χ0) is 11.5. The summed E-state index contributed by atoms with van der Waals surface area (Å²) in [6.45, 7) is 4.65. The van der Waals surface area contributed by atoms with Crippen LogP contribution in [0.1, 0.15) is 13.3 Å². The van der Waals surface area contributed by atoms with E-state index >= 15 is 0 Å². The molecule has 1 aromatic rings. The molecule has 16 heavy (non-hydrogen) atoms. The van der Waals surface area contributed by atoms with Crippen LogP contribution in [0.5, 0.6) is 0 Å². The summed E-state index contributed by atoms with van der Waals surface area (Å²) in [7, 11) is 0. The van der Waals surface area contributed by atoms with Crippen LogP contribution < -0.4 is 10.6 Å². The summed E-state index contributed by atoms with van der Waals surface area (Å²) in [4.78, 5) is 2.25. The number of benzene rings is 1. The van der Waals surface area contributed by atoms with Crippen molar-refractivity contribution < 1.29 is 4.74 Å². The summed E-state index contributed by atoms with van der Waals surface area (Å²) in [5.41, 5.74) is 7.68. The number of hydrogen-bond acceptors (Lipinski definition) is 3. The van der Waals surface area contributed by atoms with Gasteiger partial charge in [0.15, 0.2) is 0 Å². The fourth-order valence-corrected chi connectivity index (χ4v) is 2.16. The smallest absolute Gasteiger partial charge is 0.0748 e. The minimum atomic E-state index is 0.298. The van der Waals surface area contributed by atoms with Crippen LogP contribution in [-0.4, -0.2) is 25.8 Å². The molecule has 1 fully saturated rings. The fraction of sp³-hybridized carbons (Fsp3) is 0.500. The maximum Gasteiger partial charge on any atom is 0.0748 e. The predicted octanol–water partition coefficient (Wildman–Crippen LogP) is 2.54. The highest BCUT2D eigenvalue weighted by molar-refractivity contribution is 6.33. The van der Waals surface area contributed by atoms with E-state index in [1.807, 2.05) is 18.2 Å². The lowest BCUT2D eigenvalue weighted by Gasteiger charge is -2.34. The highest BCUT2D eigenvalue weighted by Gasteiger charge is 2.20. The van der Waals surface area contributed by atoms with Crippen molar-refractivity contribution in [2.24, 2.45) is 0 Å². The summed E-state index contributed by atoms with van der Waals surface area (Å²) < 4.78 is 5.63. The molecule has 2 N–H and O–H groups in total. The lowest BCUT2D eigenvalue weighted by atomic mass is 10.2. The molecule has 1 atom stereocenters. The monoisotopic (exact) mass is 240 g/mol. The van der Waals surface area contributed by atoms with E-state index in [1.165, 1.54) is 0 Å². The molecule has 1 aliphatic heterocycles. The Bertz CT molecular complexity index is 370. The normalized spacial score (nSPS) is 21.1. The average Bonchev–Trinajstić information content (AvgIpc) is 2.33. The van der Waals surface area contributed by atoms with Crippen molar-refractivity contribution in [3.05, 3.63) is 23.2 Å². The van der Waals surface area contributed by atoms with Crippen molar-refractivity contribution in [1.29, 1.82) is 0 Å². The minimum absolute atomic E-state index is 0.298. The number of halogens is 1. The molecule has 1 saturated heterocycles. The van der Waals surface area contributed by atoms with Crippen LogP contribution in [0, 0.1) is 0 Å². The number of nitrogens with zero attached hydrogens (tertiary/aromatic N) is 1. The van der Waals surface area contributed by atoms with Crippen LogP contribution in [0.4, 0.5) is 11.4 Å². The van der Waals surface area contributed by atoms with Crippen molar-refractivity contribution in [3.8, 4) is 0 Å². The molecule has 3 nitrogen and oxygen atoms in total. The molecule has 0 radical (unpaired) electrons. The second-order valence-electron chi connectivity index (χ2n) is 4.02. The first kappa shape index (κ1) is 11.6. The molecule has 1 heterocycles. The number of rotatable bonds is 2. The molecule has 2 rings (SSSR count). The Balaban J connectivity index is 2.20. The molecule has 0 aliphatic carbocycles. The van der Waals surface area contributed by atoms with Crippen molar-refractivity contribution in [3.63, 3.8) is 0 Å². The summed E-state index contributed by atoms with van der Waals surface area (Å²) in [5.74, 6) is 0. The van der Waals surface area contributed by atoms with Gasteiger partial charge in [-0.25, -0.2) is 0 Å². The largest absolute Gasteiger partial charge is 0.396 e. The molecule has 0 amide bonds. The standard InChI is InChI=1S/C12H17ClN2O/c1-2-9-8-15(6-7-16-9)11-5-3-4-10(13)12(11)14/h3-5,9H,2,6-8,14H2,1H3. The van der Waals surface area contributed by atoms with E-state index < -0.39 is 0 Å². The Labute approximate surface area is 101 Å².